The molecule has 31 heavy (non-hydrogen) atoms. The van der Waals surface area contributed by atoms with Gasteiger partial charge in [0.25, 0.3) is 5.91 Å². The quantitative estimate of drug-likeness (QED) is 0.592. The lowest BCUT2D eigenvalue weighted by molar-refractivity contribution is 0.00908. The maximum absolute atomic E-state index is 13.2. The summed E-state index contributed by atoms with van der Waals surface area (Å²) in [5.74, 6) is 1.10. The summed E-state index contributed by atoms with van der Waals surface area (Å²) in [4.78, 5) is 15.1. The zero-order chi connectivity index (χ0) is 21.4. The Bertz CT molecular complexity index is 1070. The van der Waals surface area contributed by atoms with Gasteiger partial charge in [0.1, 0.15) is 0 Å². The van der Waals surface area contributed by atoms with Crippen LogP contribution in [-0.2, 0) is 4.74 Å². The lowest BCUT2D eigenvalue weighted by Crippen LogP contribution is -2.37. The van der Waals surface area contributed by atoms with Crippen LogP contribution in [0.3, 0.4) is 0 Å². The molecule has 2 aromatic carbocycles. The molecule has 1 atom stereocenters. The van der Waals surface area contributed by atoms with Crippen LogP contribution in [0.2, 0.25) is 5.02 Å². The van der Waals surface area contributed by atoms with Crippen molar-refractivity contribution in [1.82, 2.24) is 15.1 Å². The molecule has 2 aliphatic heterocycles. The minimum atomic E-state index is -0.114. The third-order valence-corrected chi connectivity index (χ3v) is 6.80. The van der Waals surface area contributed by atoms with Crippen LogP contribution in [0.1, 0.15) is 40.6 Å². The van der Waals surface area contributed by atoms with Gasteiger partial charge in [0.05, 0.1) is 5.92 Å². The van der Waals surface area contributed by atoms with Gasteiger partial charge in [-0.05, 0) is 56.2 Å². The molecule has 0 saturated carbocycles. The smallest absolute Gasteiger partial charge is 0.253 e. The van der Waals surface area contributed by atoms with Crippen molar-refractivity contribution in [2.24, 2.45) is 5.41 Å². The Kier molecular flexibility index (Phi) is 5.28. The molecule has 1 aromatic heterocycles. The van der Waals surface area contributed by atoms with Gasteiger partial charge < -0.3 is 14.1 Å². The van der Waals surface area contributed by atoms with E-state index in [9.17, 15) is 4.79 Å². The van der Waals surface area contributed by atoms with Crippen molar-refractivity contribution in [2.75, 3.05) is 26.3 Å². The lowest BCUT2D eigenvalue weighted by atomic mass is 9.72. The van der Waals surface area contributed by atoms with Gasteiger partial charge in [0.15, 0.2) is 0 Å². The number of halogens is 1. The number of carbonyl (C=O) groups excluding carboxylic acids is 1. The summed E-state index contributed by atoms with van der Waals surface area (Å²) in [5, 5.41) is 9.34. The molecular weight excluding hydrogens is 414 g/mol. The average Bonchev–Trinajstić information content (AvgIpc) is 3.40. The lowest BCUT2D eigenvalue weighted by Gasteiger charge is -2.36. The number of aromatic nitrogens is 2. The fourth-order valence-electron chi connectivity index (χ4n) is 4.71. The van der Waals surface area contributed by atoms with Crippen LogP contribution in [0.5, 0.6) is 0 Å². The van der Waals surface area contributed by atoms with Gasteiger partial charge in [-0.2, -0.15) is 0 Å². The fourth-order valence-corrected chi connectivity index (χ4v) is 4.84. The van der Waals surface area contributed by atoms with E-state index in [0.717, 1.165) is 18.4 Å². The monoisotopic (exact) mass is 437 g/mol. The number of hydrogen-bond acceptors (Lipinski definition) is 5. The zero-order valence-corrected chi connectivity index (χ0v) is 18.1. The summed E-state index contributed by atoms with van der Waals surface area (Å²) >= 11 is 5.99. The third kappa shape index (κ3) is 3.86. The largest absolute Gasteiger partial charge is 0.420 e. The van der Waals surface area contributed by atoms with Gasteiger partial charge in [-0.15, -0.1) is 10.2 Å². The molecule has 0 N–H and O–H groups in total. The van der Waals surface area contributed by atoms with Crippen LogP contribution in [-0.4, -0.2) is 47.3 Å². The molecule has 2 fully saturated rings. The van der Waals surface area contributed by atoms with Crippen molar-refractivity contribution in [2.45, 2.75) is 25.7 Å². The summed E-state index contributed by atoms with van der Waals surface area (Å²) in [6, 6.07) is 15.1. The SMILES string of the molecule is Cc1ccc(-c2nnc(C3CN(C(=O)c4ccc(Cl)cc4)CC34CCOCC4)o2)cc1. The van der Waals surface area contributed by atoms with Gasteiger partial charge >= 0.3 is 0 Å². The first-order chi connectivity index (χ1) is 15.0. The maximum Gasteiger partial charge on any atom is 0.253 e. The van der Waals surface area contributed by atoms with E-state index in [2.05, 4.69) is 10.2 Å². The first kappa shape index (κ1) is 20.2. The highest BCUT2D eigenvalue weighted by Crippen LogP contribution is 2.49. The predicted octanol–water partition coefficient (Wildman–Crippen LogP) is 4.73. The highest BCUT2D eigenvalue weighted by Gasteiger charge is 2.51. The Morgan fingerprint density at radius 2 is 1.77 bits per heavy atom. The number of amides is 1. The molecule has 0 radical (unpaired) electrons. The highest BCUT2D eigenvalue weighted by atomic mass is 35.5. The molecule has 1 unspecified atom stereocenters. The molecule has 6 nitrogen and oxygen atoms in total. The second-order valence-electron chi connectivity index (χ2n) is 8.53. The maximum atomic E-state index is 13.2. The van der Waals surface area contributed by atoms with E-state index in [1.807, 2.05) is 36.1 Å². The molecule has 1 spiro atoms. The molecule has 5 rings (SSSR count). The van der Waals surface area contributed by atoms with Crippen LogP contribution in [0.15, 0.2) is 52.9 Å². The normalized spacial score (nSPS) is 20.3. The van der Waals surface area contributed by atoms with E-state index in [-0.39, 0.29) is 17.2 Å². The van der Waals surface area contributed by atoms with Crippen LogP contribution in [0.25, 0.3) is 11.5 Å². The van der Waals surface area contributed by atoms with Gasteiger partial charge in [0, 0.05) is 47.9 Å². The van der Waals surface area contributed by atoms with Gasteiger partial charge in [-0.25, -0.2) is 0 Å². The van der Waals surface area contributed by atoms with Crippen molar-refractivity contribution >= 4 is 17.5 Å². The minimum Gasteiger partial charge on any atom is -0.420 e. The second-order valence-corrected chi connectivity index (χ2v) is 8.97. The summed E-state index contributed by atoms with van der Waals surface area (Å²) in [5.41, 5.74) is 2.60. The molecule has 3 heterocycles. The number of likely N-dealkylation sites (tertiary alicyclic amines) is 1. The number of carbonyl (C=O) groups is 1. The number of benzene rings is 2. The number of aryl methyl sites for hydroxylation is 1. The Morgan fingerprint density at radius 3 is 2.48 bits per heavy atom. The van der Waals surface area contributed by atoms with Crippen molar-refractivity contribution in [3.8, 4) is 11.5 Å². The van der Waals surface area contributed by atoms with Crippen molar-refractivity contribution < 1.29 is 13.9 Å². The summed E-state index contributed by atoms with van der Waals surface area (Å²) < 4.78 is 11.8. The molecule has 0 aliphatic carbocycles. The topological polar surface area (TPSA) is 68.5 Å². The van der Waals surface area contributed by atoms with Crippen LogP contribution < -0.4 is 0 Å². The molecule has 160 valence electrons. The minimum absolute atomic E-state index is 0.00306. The first-order valence-electron chi connectivity index (χ1n) is 10.6. The van der Waals surface area contributed by atoms with E-state index < -0.39 is 0 Å². The third-order valence-electron chi connectivity index (χ3n) is 6.55. The van der Waals surface area contributed by atoms with Crippen molar-refractivity contribution in [3.63, 3.8) is 0 Å². The number of hydrogen-bond donors (Lipinski definition) is 0. The fraction of sp³-hybridized carbons (Fsp3) is 0.375. The van der Waals surface area contributed by atoms with Crippen LogP contribution in [0.4, 0.5) is 0 Å². The molecule has 1 amide bonds. The molecule has 0 bridgehead atoms. The van der Waals surface area contributed by atoms with Gasteiger partial charge in [-0.3, -0.25) is 4.79 Å². The molecule has 2 saturated heterocycles. The summed E-state index contributed by atoms with van der Waals surface area (Å²) in [6.07, 6.45) is 1.73. The Labute approximate surface area is 186 Å². The van der Waals surface area contributed by atoms with Crippen LogP contribution >= 0.6 is 11.6 Å². The molecule has 2 aliphatic rings. The average molecular weight is 438 g/mol. The predicted molar refractivity (Wildman–Crippen MR) is 117 cm³/mol. The Balaban J connectivity index is 1.44. The van der Waals surface area contributed by atoms with Crippen molar-refractivity contribution in [1.29, 1.82) is 0 Å². The van der Waals surface area contributed by atoms with Gasteiger partial charge in [-0.1, -0.05) is 29.3 Å². The second kappa shape index (κ2) is 8.09. The Hall–Kier alpha value is -2.70. The van der Waals surface area contributed by atoms with Crippen LogP contribution in [0, 0.1) is 12.3 Å². The standard InChI is InChI=1S/C24H24ClN3O3/c1-16-2-4-17(5-3-16)21-26-27-22(31-21)20-14-28(15-24(20)10-12-30-13-11-24)23(29)18-6-8-19(25)9-7-18/h2-9,20H,10-15H2,1H3. The van der Waals surface area contributed by atoms with Crippen molar-refractivity contribution in [3.05, 3.63) is 70.6 Å². The number of nitrogens with zero attached hydrogens (tertiary/aromatic N) is 3. The number of rotatable bonds is 3. The molecular formula is C24H24ClN3O3. The van der Waals surface area contributed by atoms with E-state index in [1.165, 1.54) is 5.56 Å². The van der Waals surface area contributed by atoms with E-state index >= 15 is 0 Å². The zero-order valence-electron chi connectivity index (χ0n) is 17.4. The van der Waals surface area contributed by atoms with Gasteiger partial charge in [0.2, 0.25) is 11.8 Å². The molecule has 3 aromatic rings. The highest BCUT2D eigenvalue weighted by molar-refractivity contribution is 6.30. The summed E-state index contributed by atoms with van der Waals surface area (Å²) in [6.45, 7) is 4.61. The van der Waals surface area contributed by atoms with E-state index in [0.29, 0.717) is 48.7 Å². The van der Waals surface area contributed by atoms with E-state index in [1.54, 1.807) is 24.3 Å². The summed E-state index contributed by atoms with van der Waals surface area (Å²) in [7, 11) is 0. The molecule has 7 heteroatoms. The van der Waals surface area contributed by atoms with E-state index in [4.69, 9.17) is 20.8 Å². The first-order valence-corrected chi connectivity index (χ1v) is 10.9. The number of ether oxygens (including phenoxy) is 1. The Morgan fingerprint density at radius 1 is 1.06 bits per heavy atom.